The first-order valence-corrected chi connectivity index (χ1v) is 8.45. The van der Waals surface area contributed by atoms with Crippen LogP contribution in [0.5, 0.6) is 0 Å². The molecule has 0 saturated carbocycles. The van der Waals surface area contributed by atoms with E-state index in [4.69, 9.17) is 0 Å². The van der Waals surface area contributed by atoms with Gasteiger partial charge in [-0.05, 0) is 31.9 Å². The molecule has 1 aromatic heterocycles. The Hall–Kier alpha value is -3.21. The first kappa shape index (κ1) is 17.6. The van der Waals surface area contributed by atoms with Crippen LogP contribution in [0.4, 0.5) is 5.69 Å². The Morgan fingerprint density at radius 1 is 1.00 bits per heavy atom. The summed E-state index contributed by atoms with van der Waals surface area (Å²) in [5.74, 6) is 0.236. The molecule has 5 heteroatoms. The van der Waals surface area contributed by atoms with Gasteiger partial charge >= 0.3 is 0 Å². The molecule has 2 aromatic carbocycles. The average Bonchev–Trinajstić information content (AvgIpc) is 2.61. The normalized spacial score (nSPS) is 10.6. The van der Waals surface area contributed by atoms with Crippen LogP contribution in [-0.4, -0.2) is 15.5 Å². The van der Waals surface area contributed by atoms with Gasteiger partial charge in [0.25, 0.3) is 5.56 Å². The zero-order valence-corrected chi connectivity index (χ0v) is 15.1. The Labute approximate surface area is 152 Å². The van der Waals surface area contributed by atoms with E-state index >= 15 is 0 Å². The molecule has 0 spiro atoms. The number of carbonyl (C=O) groups excluding carboxylic acids is 1. The number of benzene rings is 2. The minimum absolute atomic E-state index is 0.0931. The first-order chi connectivity index (χ1) is 12.5. The van der Waals surface area contributed by atoms with E-state index in [2.05, 4.69) is 10.3 Å². The summed E-state index contributed by atoms with van der Waals surface area (Å²) in [5, 5.41) is 2.92. The molecule has 26 heavy (non-hydrogen) atoms. The van der Waals surface area contributed by atoms with Crippen molar-refractivity contribution in [2.45, 2.75) is 27.3 Å². The summed E-state index contributed by atoms with van der Waals surface area (Å²) in [6.45, 7) is 5.56. The van der Waals surface area contributed by atoms with Gasteiger partial charge in [0.2, 0.25) is 5.91 Å². The molecule has 3 aromatic rings. The number of nitrogens with one attached hydrogen (secondary N) is 1. The SMILES string of the molecule is Cc1cc(=O)n(CC(=O)Nc2c(C)cccc2C)c(-c2ccccc2)n1. The van der Waals surface area contributed by atoms with Crippen molar-refractivity contribution in [3.05, 3.63) is 81.8 Å². The number of anilines is 1. The lowest BCUT2D eigenvalue weighted by atomic mass is 10.1. The van der Waals surface area contributed by atoms with Gasteiger partial charge in [-0.15, -0.1) is 0 Å². The van der Waals surface area contributed by atoms with Crippen molar-refractivity contribution in [3.63, 3.8) is 0 Å². The molecule has 0 aliphatic carbocycles. The van der Waals surface area contributed by atoms with Crippen LogP contribution in [0.25, 0.3) is 11.4 Å². The molecule has 0 aliphatic rings. The van der Waals surface area contributed by atoms with E-state index in [0.29, 0.717) is 11.5 Å². The smallest absolute Gasteiger partial charge is 0.254 e. The monoisotopic (exact) mass is 347 g/mol. The lowest BCUT2D eigenvalue weighted by molar-refractivity contribution is -0.116. The van der Waals surface area contributed by atoms with Crippen molar-refractivity contribution in [2.24, 2.45) is 0 Å². The highest BCUT2D eigenvalue weighted by atomic mass is 16.2. The third-order valence-electron chi connectivity index (χ3n) is 4.22. The second kappa shape index (κ2) is 7.35. The standard InChI is InChI=1S/C21H21N3O2/c1-14-8-7-9-15(2)20(14)23-18(25)13-24-19(26)12-16(3)22-21(24)17-10-5-4-6-11-17/h4-12H,13H2,1-3H3,(H,23,25). The van der Waals surface area contributed by atoms with E-state index in [-0.39, 0.29) is 18.0 Å². The number of rotatable bonds is 4. The highest BCUT2D eigenvalue weighted by Gasteiger charge is 2.14. The maximum Gasteiger partial charge on any atom is 0.254 e. The van der Waals surface area contributed by atoms with Crippen molar-refractivity contribution in [1.82, 2.24) is 9.55 Å². The van der Waals surface area contributed by atoms with Crippen LogP contribution in [0.1, 0.15) is 16.8 Å². The summed E-state index contributed by atoms with van der Waals surface area (Å²) in [6, 6.07) is 16.7. The molecule has 1 N–H and O–H groups in total. The van der Waals surface area contributed by atoms with Gasteiger partial charge in [-0.2, -0.15) is 0 Å². The van der Waals surface area contributed by atoms with E-state index in [0.717, 1.165) is 22.4 Å². The number of hydrogen-bond acceptors (Lipinski definition) is 3. The highest BCUT2D eigenvalue weighted by Crippen LogP contribution is 2.20. The fraction of sp³-hybridized carbons (Fsp3) is 0.190. The molecule has 3 rings (SSSR count). The average molecular weight is 347 g/mol. The lowest BCUT2D eigenvalue weighted by Gasteiger charge is -2.15. The van der Waals surface area contributed by atoms with E-state index in [9.17, 15) is 9.59 Å². The summed E-state index contributed by atoms with van der Waals surface area (Å²) >= 11 is 0. The predicted octanol–water partition coefficient (Wildman–Crippen LogP) is 3.47. The molecule has 0 bridgehead atoms. The quantitative estimate of drug-likeness (QED) is 0.786. The third kappa shape index (κ3) is 3.72. The number of aryl methyl sites for hydroxylation is 3. The van der Waals surface area contributed by atoms with Crippen LogP contribution < -0.4 is 10.9 Å². The molecule has 0 atom stereocenters. The van der Waals surface area contributed by atoms with E-state index in [1.54, 1.807) is 6.92 Å². The zero-order valence-electron chi connectivity index (χ0n) is 15.1. The van der Waals surface area contributed by atoms with Crippen LogP contribution in [0.15, 0.2) is 59.4 Å². The number of amides is 1. The summed E-state index contributed by atoms with van der Waals surface area (Å²) in [4.78, 5) is 29.6. The Morgan fingerprint density at radius 3 is 2.31 bits per heavy atom. The fourth-order valence-corrected chi connectivity index (χ4v) is 2.92. The number of hydrogen-bond donors (Lipinski definition) is 1. The van der Waals surface area contributed by atoms with Gasteiger partial charge in [0.15, 0.2) is 0 Å². The largest absolute Gasteiger partial charge is 0.324 e. The molecule has 0 radical (unpaired) electrons. The second-order valence-corrected chi connectivity index (χ2v) is 6.33. The third-order valence-corrected chi connectivity index (χ3v) is 4.22. The predicted molar refractivity (Wildman–Crippen MR) is 103 cm³/mol. The van der Waals surface area contributed by atoms with Crippen molar-refractivity contribution >= 4 is 11.6 Å². The van der Waals surface area contributed by atoms with Crippen molar-refractivity contribution in [1.29, 1.82) is 0 Å². The van der Waals surface area contributed by atoms with Gasteiger partial charge in [0.1, 0.15) is 12.4 Å². The summed E-state index contributed by atoms with van der Waals surface area (Å²) in [6.07, 6.45) is 0. The van der Waals surface area contributed by atoms with Gasteiger partial charge in [0, 0.05) is 23.0 Å². The Balaban J connectivity index is 1.95. The molecule has 132 valence electrons. The second-order valence-electron chi connectivity index (χ2n) is 6.33. The molecular weight excluding hydrogens is 326 g/mol. The molecule has 0 saturated heterocycles. The van der Waals surface area contributed by atoms with Gasteiger partial charge < -0.3 is 5.32 Å². The van der Waals surface area contributed by atoms with Crippen molar-refractivity contribution in [3.8, 4) is 11.4 Å². The molecule has 5 nitrogen and oxygen atoms in total. The summed E-state index contributed by atoms with van der Waals surface area (Å²) < 4.78 is 1.41. The molecular formula is C21H21N3O2. The minimum atomic E-state index is -0.257. The number of aromatic nitrogens is 2. The van der Waals surface area contributed by atoms with Crippen LogP contribution in [0.2, 0.25) is 0 Å². The molecule has 0 fully saturated rings. The highest BCUT2D eigenvalue weighted by molar-refractivity contribution is 5.92. The molecule has 0 unspecified atom stereocenters. The lowest BCUT2D eigenvalue weighted by Crippen LogP contribution is -2.30. The Kier molecular flexibility index (Phi) is 4.98. The topological polar surface area (TPSA) is 64.0 Å². The van der Waals surface area contributed by atoms with Crippen LogP contribution in [0, 0.1) is 20.8 Å². The molecule has 0 aliphatic heterocycles. The zero-order chi connectivity index (χ0) is 18.7. The van der Waals surface area contributed by atoms with Crippen molar-refractivity contribution in [2.75, 3.05) is 5.32 Å². The van der Waals surface area contributed by atoms with Gasteiger partial charge in [-0.25, -0.2) is 4.98 Å². The number of carbonyl (C=O) groups is 1. The van der Waals surface area contributed by atoms with Gasteiger partial charge in [0.05, 0.1) is 0 Å². The van der Waals surface area contributed by atoms with Gasteiger partial charge in [-0.1, -0.05) is 48.5 Å². The molecule has 1 amide bonds. The maximum atomic E-state index is 12.6. The Bertz CT molecular complexity index is 987. The number of nitrogens with zero attached hydrogens (tertiary/aromatic N) is 2. The fourth-order valence-electron chi connectivity index (χ4n) is 2.92. The summed E-state index contributed by atoms with van der Waals surface area (Å²) in [5.41, 5.74) is 3.93. The van der Waals surface area contributed by atoms with E-state index < -0.39 is 0 Å². The number of para-hydroxylation sites is 1. The van der Waals surface area contributed by atoms with Crippen LogP contribution >= 0.6 is 0 Å². The Morgan fingerprint density at radius 2 is 1.65 bits per heavy atom. The maximum absolute atomic E-state index is 12.6. The van der Waals surface area contributed by atoms with E-state index in [1.807, 2.05) is 62.4 Å². The van der Waals surface area contributed by atoms with Crippen LogP contribution in [0.3, 0.4) is 0 Å². The van der Waals surface area contributed by atoms with Crippen molar-refractivity contribution < 1.29 is 4.79 Å². The molecule has 1 heterocycles. The minimum Gasteiger partial charge on any atom is -0.324 e. The summed E-state index contributed by atoms with van der Waals surface area (Å²) in [7, 11) is 0. The van der Waals surface area contributed by atoms with E-state index in [1.165, 1.54) is 10.6 Å². The van der Waals surface area contributed by atoms with Gasteiger partial charge in [-0.3, -0.25) is 14.2 Å². The first-order valence-electron chi connectivity index (χ1n) is 8.45. The van der Waals surface area contributed by atoms with Crippen LogP contribution in [-0.2, 0) is 11.3 Å².